The lowest BCUT2D eigenvalue weighted by atomic mass is 10.1. The predicted molar refractivity (Wildman–Crippen MR) is 75.0 cm³/mol. The van der Waals surface area contributed by atoms with E-state index >= 15 is 0 Å². The van der Waals surface area contributed by atoms with E-state index in [1.54, 1.807) is 19.2 Å². The number of nitrogens with one attached hydrogen (secondary N) is 1. The second-order valence-electron chi connectivity index (χ2n) is 4.11. The summed E-state index contributed by atoms with van der Waals surface area (Å²) in [6.07, 6.45) is 0. The Morgan fingerprint density at radius 3 is 2.58 bits per heavy atom. The standard InChI is InChI=1S/C15H16N2O2/c1-19-13-9-5-8-12(10-13)17-15(18)14(16)11-6-3-2-4-7-11/h2-10,14H,16H2,1H3,(H,17,18)/t14-/m1/s1. The number of nitrogens with two attached hydrogens (primary N) is 1. The summed E-state index contributed by atoms with van der Waals surface area (Å²) in [5.74, 6) is 0.436. The van der Waals surface area contributed by atoms with E-state index in [0.717, 1.165) is 5.56 Å². The van der Waals surface area contributed by atoms with Gasteiger partial charge in [-0.15, -0.1) is 0 Å². The van der Waals surface area contributed by atoms with Crippen LogP contribution >= 0.6 is 0 Å². The molecule has 1 atom stereocenters. The van der Waals surface area contributed by atoms with Crippen LogP contribution in [-0.4, -0.2) is 13.0 Å². The van der Waals surface area contributed by atoms with Crippen molar-refractivity contribution in [2.45, 2.75) is 6.04 Å². The van der Waals surface area contributed by atoms with Crippen LogP contribution in [0.2, 0.25) is 0 Å². The van der Waals surface area contributed by atoms with Gasteiger partial charge in [0.1, 0.15) is 11.8 Å². The van der Waals surface area contributed by atoms with E-state index in [-0.39, 0.29) is 5.91 Å². The van der Waals surface area contributed by atoms with Crippen LogP contribution in [0.15, 0.2) is 54.6 Å². The smallest absolute Gasteiger partial charge is 0.245 e. The third-order valence-electron chi connectivity index (χ3n) is 2.78. The number of carbonyl (C=O) groups is 1. The van der Waals surface area contributed by atoms with Crippen molar-refractivity contribution in [3.05, 3.63) is 60.2 Å². The minimum Gasteiger partial charge on any atom is -0.497 e. The van der Waals surface area contributed by atoms with E-state index in [0.29, 0.717) is 11.4 Å². The van der Waals surface area contributed by atoms with Gasteiger partial charge in [0.2, 0.25) is 5.91 Å². The first-order chi connectivity index (χ1) is 9.20. The largest absolute Gasteiger partial charge is 0.497 e. The van der Waals surface area contributed by atoms with Gasteiger partial charge < -0.3 is 15.8 Å². The van der Waals surface area contributed by atoms with E-state index < -0.39 is 6.04 Å². The molecule has 0 spiro atoms. The molecule has 0 aromatic heterocycles. The highest BCUT2D eigenvalue weighted by Gasteiger charge is 2.15. The third kappa shape index (κ3) is 3.33. The second-order valence-corrected chi connectivity index (χ2v) is 4.11. The molecule has 0 saturated heterocycles. The molecule has 0 aliphatic rings. The summed E-state index contributed by atoms with van der Waals surface area (Å²) >= 11 is 0. The molecule has 4 nitrogen and oxygen atoms in total. The number of benzene rings is 2. The topological polar surface area (TPSA) is 64.3 Å². The van der Waals surface area contributed by atoms with E-state index in [4.69, 9.17) is 10.5 Å². The lowest BCUT2D eigenvalue weighted by molar-refractivity contribution is -0.117. The van der Waals surface area contributed by atoms with E-state index in [1.165, 1.54) is 0 Å². The van der Waals surface area contributed by atoms with Gasteiger partial charge in [0.05, 0.1) is 7.11 Å². The van der Waals surface area contributed by atoms with Crippen molar-refractivity contribution in [3.63, 3.8) is 0 Å². The highest BCUT2D eigenvalue weighted by atomic mass is 16.5. The molecular formula is C15H16N2O2. The van der Waals surface area contributed by atoms with Crippen LogP contribution in [0.4, 0.5) is 5.69 Å². The molecule has 0 aliphatic carbocycles. The molecule has 0 radical (unpaired) electrons. The third-order valence-corrected chi connectivity index (χ3v) is 2.78. The highest BCUT2D eigenvalue weighted by molar-refractivity contribution is 5.95. The zero-order valence-corrected chi connectivity index (χ0v) is 10.7. The molecule has 0 aliphatic heterocycles. The summed E-state index contributed by atoms with van der Waals surface area (Å²) < 4.78 is 5.10. The Hall–Kier alpha value is -2.33. The Balaban J connectivity index is 2.08. The zero-order chi connectivity index (χ0) is 13.7. The number of rotatable bonds is 4. The number of ether oxygens (including phenoxy) is 1. The summed E-state index contributed by atoms with van der Waals surface area (Å²) in [5.41, 5.74) is 7.36. The van der Waals surface area contributed by atoms with Gasteiger partial charge in [0.25, 0.3) is 0 Å². The van der Waals surface area contributed by atoms with Crippen molar-refractivity contribution in [3.8, 4) is 5.75 Å². The Kier molecular flexibility index (Phi) is 4.15. The highest BCUT2D eigenvalue weighted by Crippen LogP contribution is 2.18. The SMILES string of the molecule is COc1cccc(NC(=O)[C@H](N)c2ccccc2)c1. The van der Waals surface area contributed by atoms with Crippen molar-refractivity contribution in [2.24, 2.45) is 5.73 Å². The van der Waals surface area contributed by atoms with Crippen LogP contribution in [0.25, 0.3) is 0 Å². The average Bonchev–Trinajstić information content (AvgIpc) is 2.47. The minimum absolute atomic E-state index is 0.251. The Bertz CT molecular complexity index is 555. The molecule has 1 amide bonds. The number of hydrogen-bond acceptors (Lipinski definition) is 3. The number of hydrogen-bond donors (Lipinski definition) is 2. The predicted octanol–water partition coefficient (Wildman–Crippen LogP) is 2.33. The molecule has 4 heteroatoms. The Labute approximate surface area is 112 Å². The lowest BCUT2D eigenvalue weighted by Gasteiger charge is -2.13. The maximum absolute atomic E-state index is 12.0. The van der Waals surface area contributed by atoms with Crippen LogP contribution in [0.1, 0.15) is 11.6 Å². The molecule has 0 bridgehead atoms. The van der Waals surface area contributed by atoms with Crippen molar-refractivity contribution in [1.29, 1.82) is 0 Å². The molecular weight excluding hydrogens is 240 g/mol. The molecule has 2 aromatic rings. The molecule has 0 heterocycles. The van der Waals surface area contributed by atoms with Gasteiger partial charge in [-0.2, -0.15) is 0 Å². The fourth-order valence-corrected chi connectivity index (χ4v) is 1.73. The van der Waals surface area contributed by atoms with E-state index in [9.17, 15) is 4.79 Å². The molecule has 19 heavy (non-hydrogen) atoms. The molecule has 2 aromatic carbocycles. The summed E-state index contributed by atoms with van der Waals surface area (Å²) in [5, 5.41) is 2.77. The van der Waals surface area contributed by atoms with Gasteiger partial charge in [0.15, 0.2) is 0 Å². The monoisotopic (exact) mass is 256 g/mol. The van der Waals surface area contributed by atoms with Crippen LogP contribution < -0.4 is 15.8 Å². The van der Waals surface area contributed by atoms with E-state index in [1.807, 2.05) is 42.5 Å². The average molecular weight is 256 g/mol. The van der Waals surface area contributed by atoms with Crippen molar-refractivity contribution < 1.29 is 9.53 Å². The minimum atomic E-state index is -0.688. The maximum Gasteiger partial charge on any atom is 0.245 e. The molecule has 0 unspecified atom stereocenters. The Morgan fingerprint density at radius 1 is 1.16 bits per heavy atom. The van der Waals surface area contributed by atoms with Gasteiger partial charge in [-0.05, 0) is 17.7 Å². The molecule has 2 rings (SSSR count). The zero-order valence-electron chi connectivity index (χ0n) is 10.7. The van der Waals surface area contributed by atoms with Crippen LogP contribution in [0.5, 0.6) is 5.75 Å². The number of methoxy groups -OCH3 is 1. The first kappa shape index (κ1) is 13.1. The van der Waals surface area contributed by atoms with Crippen LogP contribution in [-0.2, 0) is 4.79 Å². The normalized spacial score (nSPS) is 11.7. The first-order valence-electron chi connectivity index (χ1n) is 5.96. The molecule has 0 fully saturated rings. The molecule has 98 valence electrons. The summed E-state index contributed by atoms with van der Waals surface area (Å²) in [7, 11) is 1.58. The van der Waals surface area contributed by atoms with Gasteiger partial charge in [-0.1, -0.05) is 36.4 Å². The number of carbonyl (C=O) groups excluding carboxylic acids is 1. The van der Waals surface area contributed by atoms with Gasteiger partial charge in [0, 0.05) is 11.8 Å². The van der Waals surface area contributed by atoms with Crippen molar-refractivity contribution in [1.82, 2.24) is 0 Å². The maximum atomic E-state index is 12.0. The molecule has 0 saturated carbocycles. The number of amides is 1. The first-order valence-corrected chi connectivity index (χ1v) is 5.96. The lowest BCUT2D eigenvalue weighted by Crippen LogP contribution is -2.27. The summed E-state index contributed by atoms with van der Waals surface area (Å²) in [6, 6.07) is 15.7. The van der Waals surface area contributed by atoms with Crippen LogP contribution in [0, 0.1) is 0 Å². The van der Waals surface area contributed by atoms with Gasteiger partial charge in [-0.3, -0.25) is 4.79 Å². The fourth-order valence-electron chi connectivity index (χ4n) is 1.73. The second kappa shape index (κ2) is 6.02. The summed E-state index contributed by atoms with van der Waals surface area (Å²) in [4.78, 5) is 12.0. The van der Waals surface area contributed by atoms with E-state index in [2.05, 4.69) is 5.32 Å². The van der Waals surface area contributed by atoms with Gasteiger partial charge >= 0.3 is 0 Å². The molecule has 3 N–H and O–H groups in total. The summed E-state index contributed by atoms with van der Waals surface area (Å²) in [6.45, 7) is 0. The number of anilines is 1. The van der Waals surface area contributed by atoms with Gasteiger partial charge in [-0.25, -0.2) is 0 Å². The van der Waals surface area contributed by atoms with Crippen molar-refractivity contribution in [2.75, 3.05) is 12.4 Å². The fraction of sp³-hybridized carbons (Fsp3) is 0.133. The van der Waals surface area contributed by atoms with Crippen molar-refractivity contribution >= 4 is 11.6 Å². The Morgan fingerprint density at radius 2 is 1.89 bits per heavy atom. The van der Waals surface area contributed by atoms with Crippen LogP contribution in [0.3, 0.4) is 0 Å². The quantitative estimate of drug-likeness (QED) is 0.882.